The number of carbonyl (C=O) groups is 1. The summed E-state index contributed by atoms with van der Waals surface area (Å²) in [5.74, 6) is -1.05. The lowest BCUT2D eigenvalue weighted by molar-refractivity contribution is -0.525. The second-order valence-corrected chi connectivity index (χ2v) is 3.84. The summed E-state index contributed by atoms with van der Waals surface area (Å²) in [5.41, 5.74) is 0. The van der Waals surface area contributed by atoms with Gasteiger partial charge in [-0.25, -0.2) is 0 Å². The molecule has 1 saturated carbocycles. The molecule has 0 radical (unpaired) electrons. The molecule has 0 heterocycles. The molecule has 1 fully saturated rings. The Morgan fingerprint density at radius 2 is 1.71 bits per heavy atom. The van der Waals surface area contributed by atoms with Gasteiger partial charge in [0.1, 0.15) is 0 Å². The zero-order chi connectivity index (χ0) is 10.6. The van der Waals surface area contributed by atoms with Gasteiger partial charge in [0.05, 0.1) is 5.92 Å². The van der Waals surface area contributed by atoms with Crippen molar-refractivity contribution in [3.05, 3.63) is 10.1 Å². The number of hydrogen-bond acceptors (Lipinski definition) is 3. The summed E-state index contributed by atoms with van der Waals surface area (Å²) in [6.07, 6.45) is 3.53. The molecule has 0 amide bonds. The summed E-state index contributed by atoms with van der Waals surface area (Å²) in [6.45, 7) is 0. The Morgan fingerprint density at radius 1 is 1.21 bits per heavy atom. The van der Waals surface area contributed by atoms with E-state index in [4.69, 9.17) is 5.11 Å². The molecule has 1 aliphatic carbocycles. The minimum atomic E-state index is -0.760. The van der Waals surface area contributed by atoms with Crippen LogP contribution in [0.15, 0.2) is 0 Å². The number of nitro groups is 1. The van der Waals surface area contributed by atoms with E-state index in [0.717, 1.165) is 0 Å². The molecular formula is C9H15NO4. The summed E-state index contributed by atoms with van der Waals surface area (Å²) in [7, 11) is 0. The highest BCUT2D eigenvalue weighted by molar-refractivity contribution is 5.69. The highest BCUT2D eigenvalue weighted by Gasteiger charge is 2.26. The first-order valence-corrected chi connectivity index (χ1v) is 4.97. The lowest BCUT2D eigenvalue weighted by Crippen LogP contribution is -2.24. The molecule has 0 atom stereocenters. The van der Waals surface area contributed by atoms with Crippen LogP contribution in [0.25, 0.3) is 0 Å². The monoisotopic (exact) mass is 201 g/mol. The van der Waals surface area contributed by atoms with Crippen LogP contribution in [0.3, 0.4) is 0 Å². The molecule has 80 valence electrons. The van der Waals surface area contributed by atoms with Crippen LogP contribution in [-0.4, -0.2) is 22.0 Å². The van der Waals surface area contributed by atoms with Crippen LogP contribution in [0, 0.1) is 16.0 Å². The first-order chi connectivity index (χ1) is 6.61. The molecule has 0 bridgehead atoms. The summed E-state index contributed by atoms with van der Waals surface area (Å²) in [6, 6.07) is -0.454. The van der Waals surface area contributed by atoms with Crippen LogP contribution in [0.1, 0.15) is 38.5 Å². The lowest BCUT2D eigenvalue weighted by Gasteiger charge is -2.17. The number of nitrogens with zero attached hydrogens (tertiary/aromatic N) is 1. The quantitative estimate of drug-likeness (QED) is 0.544. The molecule has 5 heteroatoms. The highest BCUT2D eigenvalue weighted by Crippen LogP contribution is 2.23. The standard InChI is InChI=1S/C9H15NO4/c11-9(12)7-3-1-5-8(10(13)14)6-2-4-7/h7-8H,1-6H2,(H,11,12). The SMILES string of the molecule is O=C(O)C1CCCC([N+](=O)[O-])CCC1. The Balaban J connectivity index is 2.43. The summed E-state index contributed by atoms with van der Waals surface area (Å²) < 4.78 is 0. The van der Waals surface area contributed by atoms with Crippen molar-refractivity contribution in [1.29, 1.82) is 0 Å². The molecule has 0 saturated heterocycles. The van der Waals surface area contributed by atoms with Gasteiger partial charge in [-0.1, -0.05) is 0 Å². The molecule has 0 aliphatic heterocycles. The van der Waals surface area contributed by atoms with Gasteiger partial charge in [-0.2, -0.15) is 0 Å². The first kappa shape index (κ1) is 10.9. The van der Waals surface area contributed by atoms with E-state index in [9.17, 15) is 14.9 Å². The molecule has 1 rings (SSSR count). The van der Waals surface area contributed by atoms with Crippen molar-refractivity contribution in [2.24, 2.45) is 5.92 Å². The Labute approximate surface area is 82.3 Å². The van der Waals surface area contributed by atoms with Crippen molar-refractivity contribution in [2.45, 2.75) is 44.6 Å². The van der Waals surface area contributed by atoms with E-state index in [1.807, 2.05) is 0 Å². The summed E-state index contributed by atoms with van der Waals surface area (Å²) in [4.78, 5) is 21.0. The van der Waals surface area contributed by atoms with Gasteiger partial charge in [-0.05, 0) is 25.7 Å². The smallest absolute Gasteiger partial charge is 0.306 e. The fourth-order valence-electron chi connectivity index (χ4n) is 1.95. The van der Waals surface area contributed by atoms with Gasteiger partial charge in [-0.15, -0.1) is 0 Å². The second-order valence-electron chi connectivity index (χ2n) is 3.84. The molecule has 5 nitrogen and oxygen atoms in total. The first-order valence-electron chi connectivity index (χ1n) is 4.97. The minimum Gasteiger partial charge on any atom is -0.481 e. The van der Waals surface area contributed by atoms with E-state index >= 15 is 0 Å². The molecule has 0 aromatic heterocycles. The summed E-state index contributed by atoms with van der Waals surface area (Å²) >= 11 is 0. The van der Waals surface area contributed by atoms with Crippen LogP contribution in [0.4, 0.5) is 0 Å². The molecule has 1 N–H and O–H groups in total. The van der Waals surface area contributed by atoms with E-state index in [2.05, 4.69) is 0 Å². The lowest BCUT2D eigenvalue weighted by atomic mass is 9.89. The molecular weight excluding hydrogens is 186 g/mol. The van der Waals surface area contributed by atoms with Gasteiger partial charge < -0.3 is 5.11 Å². The Morgan fingerprint density at radius 3 is 2.07 bits per heavy atom. The van der Waals surface area contributed by atoms with Crippen LogP contribution < -0.4 is 0 Å². The van der Waals surface area contributed by atoms with Gasteiger partial charge in [0.2, 0.25) is 6.04 Å². The predicted octanol–water partition coefficient (Wildman–Crippen LogP) is 1.69. The Hall–Kier alpha value is -1.13. The minimum absolute atomic E-state index is 0.235. The van der Waals surface area contributed by atoms with E-state index in [-0.39, 0.29) is 10.8 Å². The number of rotatable bonds is 2. The van der Waals surface area contributed by atoms with Gasteiger partial charge in [-0.3, -0.25) is 14.9 Å². The molecule has 1 aliphatic rings. The van der Waals surface area contributed by atoms with Gasteiger partial charge in [0, 0.05) is 17.8 Å². The van der Waals surface area contributed by atoms with Crippen molar-refractivity contribution in [3.63, 3.8) is 0 Å². The van der Waals surface area contributed by atoms with Crippen LogP contribution in [0.5, 0.6) is 0 Å². The Kier molecular flexibility index (Phi) is 3.85. The third-order valence-electron chi connectivity index (χ3n) is 2.83. The largest absolute Gasteiger partial charge is 0.481 e. The second kappa shape index (κ2) is 4.93. The molecule has 0 aromatic carbocycles. The highest BCUT2D eigenvalue weighted by atomic mass is 16.6. The van der Waals surface area contributed by atoms with Crippen molar-refractivity contribution >= 4 is 5.97 Å². The number of carboxylic acid groups (broad SMARTS) is 1. The fourth-order valence-corrected chi connectivity index (χ4v) is 1.95. The van der Waals surface area contributed by atoms with E-state index in [1.54, 1.807) is 0 Å². The molecule has 14 heavy (non-hydrogen) atoms. The van der Waals surface area contributed by atoms with Crippen LogP contribution >= 0.6 is 0 Å². The van der Waals surface area contributed by atoms with Crippen LogP contribution in [0.2, 0.25) is 0 Å². The van der Waals surface area contributed by atoms with E-state index < -0.39 is 12.0 Å². The van der Waals surface area contributed by atoms with Crippen molar-refractivity contribution in [3.8, 4) is 0 Å². The van der Waals surface area contributed by atoms with Crippen molar-refractivity contribution < 1.29 is 14.8 Å². The maximum Gasteiger partial charge on any atom is 0.306 e. The van der Waals surface area contributed by atoms with Gasteiger partial charge >= 0.3 is 5.97 Å². The number of aliphatic carboxylic acids is 1. The maximum atomic E-state index is 10.7. The van der Waals surface area contributed by atoms with Crippen molar-refractivity contribution in [2.75, 3.05) is 0 Å². The predicted molar refractivity (Wildman–Crippen MR) is 49.6 cm³/mol. The Bertz CT molecular complexity index is 197. The fraction of sp³-hybridized carbons (Fsp3) is 0.889. The van der Waals surface area contributed by atoms with Crippen LogP contribution in [-0.2, 0) is 4.79 Å². The number of hydrogen-bond donors (Lipinski definition) is 1. The van der Waals surface area contributed by atoms with E-state index in [1.165, 1.54) is 0 Å². The van der Waals surface area contributed by atoms with E-state index in [0.29, 0.717) is 38.5 Å². The van der Waals surface area contributed by atoms with Gasteiger partial charge in [0.25, 0.3) is 0 Å². The molecule has 0 aromatic rings. The average molecular weight is 201 g/mol. The van der Waals surface area contributed by atoms with Crippen molar-refractivity contribution in [1.82, 2.24) is 0 Å². The number of carboxylic acids is 1. The molecule has 0 unspecified atom stereocenters. The maximum absolute atomic E-state index is 10.7. The zero-order valence-electron chi connectivity index (χ0n) is 8.02. The van der Waals surface area contributed by atoms with Gasteiger partial charge in [0.15, 0.2) is 0 Å². The topological polar surface area (TPSA) is 80.4 Å². The average Bonchev–Trinajstić information content (AvgIpc) is 2.01. The normalized spacial score (nSPS) is 28.9. The zero-order valence-corrected chi connectivity index (χ0v) is 8.02. The third kappa shape index (κ3) is 2.97. The summed E-state index contributed by atoms with van der Waals surface area (Å²) in [5, 5.41) is 19.3. The third-order valence-corrected chi connectivity index (χ3v) is 2.83. The molecule has 0 spiro atoms.